The number of nitrogens with zero attached hydrogens (tertiary/aromatic N) is 3. The Hall–Kier alpha value is -2.23. The fourth-order valence-corrected chi connectivity index (χ4v) is 5.36. The van der Waals surface area contributed by atoms with E-state index in [0.717, 1.165) is 18.4 Å². The Morgan fingerprint density at radius 2 is 2.00 bits per heavy atom. The molecule has 1 aromatic carbocycles. The van der Waals surface area contributed by atoms with Crippen LogP contribution < -0.4 is 0 Å². The smallest absolute Gasteiger partial charge is 0.244 e. The van der Waals surface area contributed by atoms with Crippen molar-refractivity contribution in [1.29, 1.82) is 5.26 Å². The molecule has 5 nitrogen and oxygen atoms in total. The summed E-state index contributed by atoms with van der Waals surface area (Å²) in [6, 6.07) is 14.8. The first kappa shape index (κ1) is 16.6. The first-order chi connectivity index (χ1) is 11.5. The van der Waals surface area contributed by atoms with Crippen LogP contribution in [-0.2, 0) is 16.4 Å². The van der Waals surface area contributed by atoms with Crippen molar-refractivity contribution in [3.8, 4) is 6.07 Å². The third kappa shape index (κ3) is 2.93. The Morgan fingerprint density at radius 1 is 1.25 bits per heavy atom. The van der Waals surface area contributed by atoms with Gasteiger partial charge in [-0.3, -0.25) is 0 Å². The molecule has 0 N–H and O–H groups in total. The van der Waals surface area contributed by atoms with E-state index in [4.69, 9.17) is 0 Å². The van der Waals surface area contributed by atoms with Gasteiger partial charge in [0.15, 0.2) is 5.69 Å². The van der Waals surface area contributed by atoms with Gasteiger partial charge < -0.3 is 0 Å². The molecule has 1 saturated heterocycles. The highest BCUT2D eigenvalue weighted by atomic mass is 32.2. The predicted molar refractivity (Wildman–Crippen MR) is 90.6 cm³/mol. The lowest BCUT2D eigenvalue weighted by Crippen LogP contribution is -2.46. The van der Waals surface area contributed by atoms with Gasteiger partial charge in [-0.1, -0.05) is 30.3 Å². The largest absolute Gasteiger partial charge is 0.246 e. The third-order valence-corrected chi connectivity index (χ3v) is 6.64. The summed E-state index contributed by atoms with van der Waals surface area (Å²) in [5, 5.41) is 9.19. The van der Waals surface area contributed by atoms with Gasteiger partial charge in [0.25, 0.3) is 0 Å². The Kier molecular flexibility index (Phi) is 4.39. The molecule has 0 amide bonds. The molecule has 0 spiro atoms. The second-order valence-electron chi connectivity index (χ2n) is 6.30. The summed E-state index contributed by atoms with van der Waals surface area (Å²) in [7, 11) is -3.76. The molecule has 2 aromatic rings. The molecule has 1 aliphatic rings. The van der Waals surface area contributed by atoms with Gasteiger partial charge in [-0.15, -0.1) is 0 Å². The van der Waals surface area contributed by atoms with Crippen molar-refractivity contribution < 1.29 is 8.42 Å². The van der Waals surface area contributed by atoms with Crippen LogP contribution in [0.3, 0.4) is 0 Å². The van der Waals surface area contributed by atoms with Crippen LogP contribution in [0.1, 0.15) is 31.0 Å². The Bertz CT molecular complexity index is 875. The fraction of sp³-hybridized carbons (Fsp3) is 0.333. The maximum atomic E-state index is 13.2. The van der Waals surface area contributed by atoms with Gasteiger partial charge >= 0.3 is 0 Å². The first-order valence-electron chi connectivity index (χ1n) is 7.89. The zero-order valence-corrected chi connectivity index (χ0v) is 14.3. The molecule has 0 saturated carbocycles. The molecule has 0 aliphatic carbocycles. The molecule has 1 atom stereocenters. The van der Waals surface area contributed by atoms with E-state index in [1.807, 2.05) is 43.3 Å². The van der Waals surface area contributed by atoms with Crippen molar-refractivity contribution in [1.82, 2.24) is 9.29 Å². The van der Waals surface area contributed by atoms with E-state index in [1.165, 1.54) is 12.3 Å². The number of benzene rings is 1. The maximum absolute atomic E-state index is 13.2. The number of aromatic nitrogens is 1. The van der Waals surface area contributed by atoms with E-state index in [1.54, 1.807) is 10.4 Å². The fourth-order valence-electron chi connectivity index (χ4n) is 3.42. The lowest BCUT2D eigenvalue weighted by atomic mass is 9.91. The summed E-state index contributed by atoms with van der Waals surface area (Å²) in [6.45, 7) is 2.44. The van der Waals surface area contributed by atoms with Crippen LogP contribution in [0.2, 0.25) is 0 Å². The van der Waals surface area contributed by atoms with Gasteiger partial charge in [0.2, 0.25) is 10.0 Å². The minimum absolute atomic E-state index is 0.00585. The van der Waals surface area contributed by atoms with Crippen molar-refractivity contribution in [2.24, 2.45) is 0 Å². The topological polar surface area (TPSA) is 74.1 Å². The van der Waals surface area contributed by atoms with E-state index in [9.17, 15) is 13.7 Å². The SMILES string of the molecule is C[C@]1(Cc2ccccc2)CCCN1S(=O)(=O)c1cccnc1C#N. The molecule has 0 unspecified atom stereocenters. The lowest BCUT2D eigenvalue weighted by Gasteiger charge is -2.34. The highest BCUT2D eigenvalue weighted by Crippen LogP contribution is 2.37. The molecule has 2 heterocycles. The number of hydrogen-bond acceptors (Lipinski definition) is 4. The van der Waals surface area contributed by atoms with Crippen LogP contribution in [0, 0.1) is 11.3 Å². The average molecular weight is 341 g/mol. The van der Waals surface area contributed by atoms with E-state index < -0.39 is 15.6 Å². The Labute approximate surface area is 142 Å². The Balaban J connectivity index is 1.99. The van der Waals surface area contributed by atoms with Crippen LogP contribution >= 0.6 is 0 Å². The average Bonchev–Trinajstić information content (AvgIpc) is 2.97. The lowest BCUT2D eigenvalue weighted by molar-refractivity contribution is 0.263. The number of rotatable bonds is 4. The minimum Gasteiger partial charge on any atom is -0.244 e. The molecule has 0 radical (unpaired) electrons. The molecule has 124 valence electrons. The predicted octanol–water partition coefficient (Wildman–Crippen LogP) is 2.74. The molecule has 1 fully saturated rings. The van der Waals surface area contributed by atoms with Gasteiger partial charge in [-0.2, -0.15) is 9.57 Å². The van der Waals surface area contributed by atoms with Crippen molar-refractivity contribution in [2.75, 3.05) is 6.54 Å². The van der Waals surface area contributed by atoms with Crippen LogP contribution in [0.4, 0.5) is 0 Å². The van der Waals surface area contributed by atoms with Crippen LogP contribution in [0.5, 0.6) is 0 Å². The van der Waals surface area contributed by atoms with Crippen molar-refractivity contribution in [3.63, 3.8) is 0 Å². The van der Waals surface area contributed by atoms with E-state index in [-0.39, 0.29) is 10.6 Å². The van der Waals surface area contributed by atoms with Crippen molar-refractivity contribution in [2.45, 2.75) is 36.6 Å². The maximum Gasteiger partial charge on any atom is 0.246 e. The second-order valence-corrected chi connectivity index (χ2v) is 8.13. The quantitative estimate of drug-likeness (QED) is 0.857. The van der Waals surface area contributed by atoms with Gasteiger partial charge in [0.05, 0.1) is 0 Å². The molecular formula is C18H19N3O2S. The van der Waals surface area contributed by atoms with Crippen molar-refractivity contribution >= 4 is 10.0 Å². The zero-order valence-electron chi connectivity index (χ0n) is 13.5. The summed E-state index contributed by atoms with van der Waals surface area (Å²) >= 11 is 0. The zero-order chi connectivity index (χ0) is 17.2. The number of nitriles is 1. The summed E-state index contributed by atoms with van der Waals surface area (Å²) in [6.07, 6.45) is 3.69. The molecule has 0 bridgehead atoms. The normalized spacial score (nSPS) is 21.5. The molecule has 1 aromatic heterocycles. The molecule has 1 aliphatic heterocycles. The third-order valence-electron chi connectivity index (χ3n) is 4.55. The molecule has 24 heavy (non-hydrogen) atoms. The van der Waals surface area contributed by atoms with Crippen LogP contribution in [-0.4, -0.2) is 29.8 Å². The minimum atomic E-state index is -3.76. The van der Waals surface area contributed by atoms with Crippen LogP contribution in [0.15, 0.2) is 53.6 Å². The van der Waals surface area contributed by atoms with Gasteiger partial charge in [0.1, 0.15) is 11.0 Å². The summed E-state index contributed by atoms with van der Waals surface area (Å²) in [4.78, 5) is 3.89. The summed E-state index contributed by atoms with van der Waals surface area (Å²) in [5.41, 5.74) is 0.559. The first-order valence-corrected chi connectivity index (χ1v) is 9.33. The summed E-state index contributed by atoms with van der Waals surface area (Å²) in [5.74, 6) is 0. The van der Waals surface area contributed by atoms with E-state index >= 15 is 0 Å². The number of sulfonamides is 1. The number of pyridine rings is 1. The van der Waals surface area contributed by atoms with E-state index in [2.05, 4.69) is 4.98 Å². The Morgan fingerprint density at radius 3 is 2.71 bits per heavy atom. The second kappa shape index (κ2) is 6.34. The van der Waals surface area contributed by atoms with Gasteiger partial charge in [-0.05, 0) is 43.9 Å². The summed E-state index contributed by atoms with van der Waals surface area (Å²) < 4.78 is 27.9. The van der Waals surface area contributed by atoms with E-state index in [0.29, 0.717) is 13.0 Å². The molecule has 6 heteroatoms. The number of hydrogen-bond donors (Lipinski definition) is 0. The highest BCUT2D eigenvalue weighted by molar-refractivity contribution is 7.89. The molecule has 3 rings (SSSR count). The van der Waals surface area contributed by atoms with Crippen molar-refractivity contribution in [3.05, 3.63) is 59.9 Å². The van der Waals surface area contributed by atoms with Crippen LogP contribution in [0.25, 0.3) is 0 Å². The monoisotopic (exact) mass is 341 g/mol. The van der Waals surface area contributed by atoms with Gasteiger partial charge in [-0.25, -0.2) is 13.4 Å². The molecular weight excluding hydrogens is 322 g/mol. The van der Waals surface area contributed by atoms with Gasteiger partial charge in [0, 0.05) is 18.3 Å². The standard InChI is InChI=1S/C18H19N3O2S/c1-18(13-15-7-3-2-4-8-15)10-6-12-21(18)24(22,23)17-9-5-11-20-16(17)14-19/h2-5,7-9,11H,6,10,12-13H2,1H3/t18-/m1/s1. The highest BCUT2D eigenvalue weighted by Gasteiger charge is 2.45.